The molecule has 7 nitrogen and oxygen atoms in total. The summed E-state index contributed by atoms with van der Waals surface area (Å²) in [5.41, 5.74) is 2.14. The van der Waals surface area contributed by atoms with Gasteiger partial charge in [0.1, 0.15) is 11.6 Å². The highest BCUT2D eigenvalue weighted by Crippen LogP contribution is 2.11. The Bertz CT molecular complexity index is 836. The quantitative estimate of drug-likeness (QED) is 0.681. The number of anilines is 1. The van der Waals surface area contributed by atoms with Crippen molar-refractivity contribution in [1.82, 2.24) is 20.5 Å². The Kier molecular flexibility index (Phi) is 5.72. The minimum Gasteiger partial charge on any atom is -0.497 e. The standard InChI is InChI=1S/C19H19N5O2/c1-26-16-7-5-14(6-8-16)12-22-19(25)17-9-10-18(24-23-17)21-13-15-4-2-3-11-20-15/h2-11H,12-13H2,1H3,(H,21,24)(H,22,25). The number of hydrogen-bond donors (Lipinski definition) is 2. The van der Waals surface area contributed by atoms with Crippen molar-refractivity contribution in [2.75, 3.05) is 12.4 Å². The van der Waals surface area contributed by atoms with E-state index in [-0.39, 0.29) is 11.6 Å². The van der Waals surface area contributed by atoms with E-state index in [4.69, 9.17) is 4.74 Å². The van der Waals surface area contributed by atoms with Gasteiger partial charge in [-0.15, -0.1) is 10.2 Å². The van der Waals surface area contributed by atoms with Crippen LogP contribution in [0.4, 0.5) is 5.82 Å². The molecule has 0 saturated carbocycles. The lowest BCUT2D eigenvalue weighted by atomic mass is 10.2. The summed E-state index contributed by atoms with van der Waals surface area (Å²) in [7, 11) is 1.62. The topological polar surface area (TPSA) is 89.0 Å². The molecule has 1 aromatic carbocycles. The fraction of sp³-hybridized carbons (Fsp3) is 0.158. The van der Waals surface area contributed by atoms with Crippen LogP contribution in [0.3, 0.4) is 0 Å². The maximum absolute atomic E-state index is 12.2. The maximum atomic E-state index is 12.2. The highest BCUT2D eigenvalue weighted by Gasteiger charge is 2.08. The predicted molar refractivity (Wildman–Crippen MR) is 97.8 cm³/mol. The normalized spacial score (nSPS) is 10.2. The van der Waals surface area contributed by atoms with Crippen LogP contribution in [-0.4, -0.2) is 28.2 Å². The summed E-state index contributed by atoms with van der Waals surface area (Å²) >= 11 is 0. The van der Waals surface area contributed by atoms with E-state index in [2.05, 4.69) is 25.8 Å². The summed E-state index contributed by atoms with van der Waals surface area (Å²) in [6, 6.07) is 16.6. The van der Waals surface area contributed by atoms with Crippen molar-refractivity contribution in [3.05, 3.63) is 77.7 Å². The number of carbonyl (C=O) groups excluding carboxylic acids is 1. The summed E-state index contributed by atoms with van der Waals surface area (Å²) in [4.78, 5) is 16.4. The van der Waals surface area contributed by atoms with Gasteiger partial charge >= 0.3 is 0 Å². The molecule has 0 aliphatic carbocycles. The van der Waals surface area contributed by atoms with Crippen LogP contribution >= 0.6 is 0 Å². The molecule has 26 heavy (non-hydrogen) atoms. The van der Waals surface area contributed by atoms with Crippen molar-refractivity contribution < 1.29 is 9.53 Å². The van der Waals surface area contributed by atoms with Crippen LogP contribution in [-0.2, 0) is 13.1 Å². The summed E-state index contributed by atoms with van der Waals surface area (Å²) in [5, 5.41) is 13.9. The molecule has 3 aromatic rings. The number of hydrogen-bond acceptors (Lipinski definition) is 6. The zero-order valence-electron chi connectivity index (χ0n) is 14.3. The molecule has 3 rings (SSSR count). The Labute approximate surface area is 151 Å². The lowest BCUT2D eigenvalue weighted by molar-refractivity contribution is 0.0945. The second-order valence-electron chi connectivity index (χ2n) is 5.51. The largest absolute Gasteiger partial charge is 0.497 e. The third-order valence-corrected chi connectivity index (χ3v) is 3.69. The molecule has 2 heterocycles. The molecular formula is C19H19N5O2. The molecule has 0 aliphatic rings. The van der Waals surface area contributed by atoms with E-state index in [1.165, 1.54) is 0 Å². The van der Waals surface area contributed by atoms with E-state index in [9.17, 15) is 4.79 Å². The van der Waals surface area contributed by atoms with Crippen molar-refractivity contribution in [2.45, 2.75) is 13.1 Å². The van der Waals surface area contributed by atoms with E-state index in [0.29, 0.717) is 18.9 Å². The summed E-state index contributed by atoms with van der Waals surface area (Å²) in [6.07, 6.45) is 1.74. The van der Waals surface area contributed by atoms with Gasteiger partial charge in [-0.3, -0.25) is 9.78 Å². The van der Waals surface area contributed by atoms with Crippen LogP contribution in [0.15, 0.2) is 60.8 Å². The summed E-state index contributed by atoms with van der Waals surface area (Å²) in [5.74, 6) is 1.09. The van der Waals surface area contributed by atoms with Crippen LogP contribution < -0.4 is 15.4 Å². The second-order valence-corrected chi connectivity index (χ2v) is 5.51. The van der Waals surface area contributed by atoms with Crippen LogP contribution in [0.2, 0.25) is 0 Å². The van der Waals surface area contributed by atoms with Gasteiger partial charge < -0.3 is 15.4 Å². The van der Waals surface area contributed by atoms with Gasteiger partial charge in [0.25, 0.3) is 5.91 Å². The molecule has 0 radical (unpaired) electrons. The van der Waals surface area contributed by atoms with E-state index in [0.717, 1.165) is 17.0 Å². The molecule has 2 N–H and O–H groups in total. The van der Waals surface area contributed by atoms with Crippen molar-refractivity contribution >= 4 is 11.7 Å². The third-order valence-electron chi connectivity index (χ3n) is 3.69. The SMILES string of the molecule is COc1ccc(CNC(=O)c2ccc(NCc3ccccn3)nn2)cc1. The molecule has 132 valence electrons. The van der Waals surface area contributed by atoms with Gasteiger partial charge in [0.15, 0.2) is 5.69 Å². The molecule has 0 spiro atoms. The Balaban J connectivity index is 1.51. The molecular weight excluding hydrogens is 330 g/mol. The molecule has 0 saturated heterocycles. The van der Waals surface area contributed by atoms with Crippen molar-refractivity contribution in [3.8, 4) is 5.75 Å². The summed E-state index contributed by atoms with van der Waals surface area (Å²) < 4.78 is 5.11. The first-order valence-corrected chi connectivity index (χ1v) is 8.13. The van der Waals surface area contributed by atoms with E-state index in [1.807, 2.05) is 42.5 Å². The first-order valence-electron chi connectivity index (χ1n) is 8.13. The van der Waals surface area contributed by atoms with E-state index in [1.54, 1.807) is 25.4 Å². The smallest absolute Gasteiger partial charge is 0.272 e. The first-order chi connectivity index (χ1) is 12.7. The lowest BCUT2D eigenvalue weighted by Gasteiger charge is -2.07. The Morgan fingerprint density at radius 1 is 1.00 bits per heavy atom. The number of ether oxygens (including phenoxy) is 1. The van der Waals surface area contributed by atoms with Crippen LogP contribution in [0, 0.1) is 0 Å². The molecule has 0 bridgehead atoms. The number of amides is 1. The Morgan fingerprint density at radius 3 is 2.50 bits per heavy atom. The van der Waals surface area contributed by atoms with Crippen LogP contribution in [0.5, 0.6) is 5.75 Å². The molecule has 0 atom stereocenters. The van der Waals surface area contributed by atoms with Crippen LogP contribution in [0.1, 0.15) is 21.7 Å². The average molecular weight is 349 g/mol. The maximum Gasteiger partial charge on any atom is 0.272 e. The molecule has 0 aliphatic heterocycles. The molecule has 1 amide bonds. The van der Waals surface area contributed by atoms with Crippen molar-refractivity contribution in [1.29, 1.82) is 0 Å². The summed E-state index contributed by atoms with van der Waals surface area (Å²) in [6.45, 7) is 0.947. The number of benzene rings is 1. The lowest BCUT2D eigenvalue weighted by Crippen LogP contribution is -2.24. The number of nitrogens with one attached hydrogen (secondary N) is 2. The monoisotopic (exact) mass is 349 g/mol. The van der Waals surface area contributed by atoms with Crippen molar-refractivity contribution in [3.63, 3.8) is 0 Å². The van der Waals surface area contributed by atoms with E-state index >= 15 is 0 Å². The fourth-order valence-corrected chi connectivity index (χ4v) is 2.25. The number of pyridine rings is 1. The number of methoxy groups -OCH3 is 1. The number of rotatable bonds is 7. The van der Waals surface area contributed by atoms with Gasteiger partial charge in [0.05, 0.1) is 19.3 Å². The predicted octanol–water partition coefficient (Wildman–Crippen LogP) is 2.42. The third kappa shape index (κ3) is 4.76. The number of nitrogens with zero attached hydrogens (tertiary/aromatic N) is 3. The van der Waals surface area contributed by atoms with Gasteiger partial charge in [-0.05, 0) is 42.0 Å². The zero-order valence-corrected chi connectivity index (χ0v) is 14.3. The zero-order chi connectivity index (χ0) is 18.2. The van der Waals surface area contributed by atoms with E-state index < -0.39 is 0 Å². The highest BCUT2D eigenvalue weighted by atomic mass is 16.5. The Morgan fingerprint density at radius 2 is 1.85 bits per heavy atom. The average Bonchev–Trinajstić information content (AvgIpc) is 2.72. The van der Waals surface area contributed by atoms with Crippen LogP contribution in [0.25, 0.3) is 0 Å². The molecule has 0 unspecified atom stereocenters. The second kappa shape index (κ2) is 8.57. The minimum atomic E-state index is -0.274. The van der Waals surface area contributed by atoms with Gasteiger partial charge in [-0.25, -0.2) is 0 Å². The minimum absolute atomic E-state index is 0.266. The first kappa shape index (κ1) is 17.3. The fourth-order valence-electron chi connectivity index (χ4n) is 2.25. The van der Waals surface area contributed by atoms with Gasteiger partial charge in [-0.2, -0.15) is 0 Å². The molecule has 7 heteroatoms. The van der Waals surface area contributed by atoms with Gasteiger partial charge in [0.2, 0.25) is 0 Å². The van der Waals surface area contributed by atoms with Crippen molar-refractivity contribution in [2.24, 2.45) is 0 Å². The van der Waals surface area contributed by atoms with Gasteiger partial charge in [0, 0.05) is 12.7 Å². The van der Waals surface area contributed by atoms with Gasteiger partial charge in [-0.1, -0.05) is 18.2 Å². The molecule has 0 fully saturated rings. The highest BCUT2D eigenvalue weighted by molar-refractivity contribution is 5.92. The Hall–Kier alpha value is -3.48. The molecule has 2 aromatic heterocycles. The number of carbonyl (C=O) groups is 1. The number of aromatic nitrogens is 3.